The van der Waals surface area contributed by atoms with Crippen LogP contribution in [0, 0.1) is 0 Å². The molecule has 3 heterocycles. The summed E-state index contributed by atoms with van der Waals surface area (Å²) in [5.74, 6) is -0.0888. The Morgan fingerprint density at radius 2 is 1.76 bits per heavy atom. The van der Waals surface area contributed by atoms with E-state index in [1.54, 1.807) is 6.20 Å². The van der Waals surface area contributed by atoms with Crippen LogP contribution in [0.5, 0.6) is 5.75 Å². The maximum Gasteiger partial charge on any atom is 0.573 e. The van der Waals surface area contributed by atoms with Crippen LogP contribution in [-0.4, -0.2) is 30.8 Å². The normalized spacial score (nSPS) is 17.2. The summed E-state index contributed by atoms with van der Waals surface area (Å²) in [6, 6.07) is 15.3. The smallest absolute Gasteiger partial charge is 0.406 e. The summed E-state index contributed by atoms with van der Waals surface area (Å²) in [4.78, 5) is 24.8. The number of carbonyl (C=O) groups is 1. The van der Waals surface area contributed by atoms with Crippen molar-refractivity contribution in [2.45, 2.75) is 42.9 Å². The molecule has 1 amide bonds. The molecular weight excluding hydrogens is 563 g/mol. The lowest BCUT2D eigenvalue weighted by Crippen LogP contribution is -2.33. The van der Waals surface area contributed by atoms with E-state index in [1.807, 2.05) is 24.3 Å². The van der Waals surface area contributed by atoms with E-state index in [0.29, 0.717) is 11.1 Å². The zero-order valence-corrected chi connectivity index (χ0v) is 21.9. The van der Waals surface area contributed by atoms with E-state index in [2.05, 4.69) is 30.3 Å². The number of alkyl halides is 3. The Morgan fingerprint density at radius 3 is 2.39 bits per heavy atom. The van der Waals surface area contributed by atoms with Gasteiger partial charge in [0.25, 0.3) is 10.0 Å². The molecule has 0 spiro atoms. The molecule has 0 bridgehead atoms. The first-order valence-electron chi connectivity index (χ1n) is 12.5. The van der Waals surface area contributed by atoms with Crippen LogP contribution >= 0.6 is 0 Å². The molecule has 10 nitrogen and oxygen atoms in total. The van der Waals surface area contributed by atoms with Crippen LogP contribution in [0.3, 0.4) is 0 Å². The van der Waals surface area contributed by atoms with Gasteiger partial charge in [-0.2, -0.15) is 8.42 Å². The molecule has 4 aromatic rings. The predicted octanol–water partition coefficient (Wildman–Crippen LogP) is 5.04. The molecule has 0 radical (unpaired) electrons. The minimum Gasteiger partial charge on any atom is -0.406 e. The minimum absolute atomic E-state index is 0.108. The van der Waals surface area contributed by atoms with Crippen LogP contribution in [0.4, 0.5) is 23.8 Å². The summed E-state index contributed by atoms with van der Waals surface area (Å²) < 4.78 is 71.4. The van der Waals surface area contributed by atoms with Crippen molar-refractivity contribution in [2.24, 2.45) is 0 Å². The summed E-state index contributed by atoms with van der Waals surface area (Å²) >= 11 is 0. The quantitative estimate of drug-likeness (QED) is 0.295. The molecule has 14 heteroatoms. The highest BCUT2D eigenvalue weighted by atomic mass is 32.2. The summed E-state index contributed by atoms with van der Waals surface area (Å²) in [5.41, 5.74) is 4.13. The lowest BCUT2D eigenvalue weighted by molar-refractivity contribution is -0.274. The van der Waals surface area contributed by atoms with Gasteiger partial charge in [-0.05, 0) is 47.9 Å². The van der Waals surface area contributed by atoms with Crippen LogP contribution < -0.4 is 19.8 Å². The van der Waals surface area contributed by atoms with Gasteiger partial charge in [0.15, 0.2) is 5.03 Å². The van der Waals surface area contributed by atoms with Crippen molar-refractivity contribution < 1.29 is 36.0 Å². The molecule has 1 saturated heterocycles. The highest BCUT2D eigenvalue weighted by Crippen LogP contribution is 2.47. The first-order chi connectivity index (χ1) is 19.6. The Morgan fingerprint density at radius 1 is 1.00 bits per heavy atom. The van der Waals surface area contributed by atoms with E-state index in [4.69, 9.17) is 0 Å². The monoisotopic (exact) mass is 585 g/mol. The zero-order valence-electron chi connectivity index (χ0n) is 21.1. The zero-order chi connectivity index (χ0) is 28.8. The minimum atomic E-state index is -4.86. The number of halogens is 3. The van der Waals surface area contributed by atoms with Gasteiger partial charge < -0.3 is 9.57 Å². The van der Waals surface area contributed by atoms with Gasteiger partial charge in [0.05, 0.1) is 6.54 Å². The first-order valence-corrected chi connectivity index (χ1v) is 14.0. The third-order valence-corrected chi connectivity index (χ3v) is 8.35. The predicted molar refractivity (Wildman–Crippen MR) is 140 cm³/mol. The number of pyridine rings is 2. The molecule has 1 aliphatic heterocycles. The van der Waals surface area contributed by atoms with Gasteiger partial charge in [0.2, 0.25) is 0 Å². The fourth-order valence-corrected chi connectivity index (χ4v) is 6.00. The molecule has 41 heavy (non-hydrogen) atoms. The second kappa shape index (κ2) is 10.2. The molecule has 2 aliphatic rings. The number of sulfonamides is 1. The lowest BCUT2D eigenvalue weighted by Gasteiger charge is -2.26. The molecule has 2 fully saturated rings. The lowest BCUT2D eigenvalue weighted by atomic mass is 10.0. The third kappa shape index (κ3) is 5.60. The Kier molecular flexibility index (Phi) is 6.66. The van der Waals surface area contributed by atoms with Gasteiger partial charge >= 0.3 is 12.5 Å². The maximum absolute atomic E-state index is 14.1. The molecule has 2 N–H and O–H groups in total. The number of nitrogens with one attached hydrogen (secondary N) is 2. The van der Waals surface area contributed by atoms with Gasteiger partial charge in [-0.1, -0.05) is 42.5 Å². The Bertz CT molecular complexity index is 1710. The average molecular weight is 586 g/mol. The molecule has 1 aliphatic carbocycles. The SMILES string of the molecule is O=C1NC(c2ccc(S(=O)(=O)N(Cc3ccc(OC(F)(F)F)cc3)c3ncc4ccccc4c3C3CC3)nc2)NO1. The molecule has 1 unspecified atom stereocenters. The van der Waals surface area contributed by atoms with E-state index >= 15 is 0 Å². The Hall–Kier alpha value is -4.43. The number of hydrogen-bond acceptors (Lipinski definition) is 8. The van der Waals surface area contributed by atoms with Crippen molar-refractivity contribution in [3.05, 3.63) is 89.7 Å². The van der Waals surface area contributed by atoms with E-state index < -0.39 is 34.4 Å². The second-order valence-electron chi connectivity index (χ2n) is 9.57. The van der Waals surface area contributed by atoms with Crippen LogP contribution in [0.2, 0.25) is 0 Å². The molecule has 2 aromatic carbocycles. The fraction of sp³-hybridized carbons (Fsp3) is 0.222. The van der Waals surface area contributed by atoms with Crippen molar-refractivity contribution in [3.63, 3.8) is 0 Å². The van der Waals surface area contributed by atoms with Crippen LogP contribution in [0.25, 0.3) is 10.8 Å². The highest BCUT2D eigenvalue weighted by Gasteiger charge is 2.36. The molecule has 6 rings (SSSR count). The van der Waals surface area contributed by atoms with Gasteiger partial charge in [-0.15, -0.1) is 18.7 Å². The molecule has 212 valence electrons. The number of hydrogen-bond donors (Lipinski definition) is 2. The molecule has 1 atom stereocenters. The summed E-state index contributed by atoms with van der Waals surface area (Å²) in [6.07, 6.45) is -1.60. The number of aromatic nitrogens is 2. The van der Waals surface area contributed by atoms with Crippen LogP contribution in [-0.2, 0) is 21.4 Å². The Balaban J connectivity index is 1.41. The third-order valence-electron chi connectivity index (χ3n) is 6.70. The second-order valence-corrected chi connectivity index (χ2v) is 11.4. The number of carbonyl (C=O) groups excluding carboxylic acids is 1. The maximum atomic E-state index is 14.1. The van der Waals surface area contributed by atoms with Crippen LogP contribution in [0.1, 0.15) is 41.6 Å². The van der Waals surface area contributed by atoms with Crippen molar-refractivity contribution in [1.82, 2.24) is 20.8 Å². The number of fused-ring (bicyclic) bond motifs is 1. The topological polar surface area (TPSA) is 123 Å². The average Bonchev–Trinajstić information content (AvgIpc) is 3.70. The van der Waals surface area contributed by atoms with E-state index in [9.17, 15) is 26.4 Å². The van der Waals surface area contributed by atoms with Gasteiger partial charge in [-0.3, -0.25) is 5.32 Å². The summed E-state index contributed by atoms with van der Waals surface area (Å²) in [7, 11) is -4.33. The standard InChI is InChI=1S/C27H22F3N5O5S/c28-27(29,30)39-20-10-5-16(6-11-20)15-35(25-23(17-7-8-17)21-4-2-1-3-18(21)13-32-25)41(37,38)22-12-9-19(14-31-22)24-33-26(36)40-34-24/h1-6,9-14,17,24,34H,7-8,15H2,(H,33,36). The van der Waals surface area contributed by atoms with Gasteiger partial charge in [0.1, 0.15) is 17.7 Å². The van der Waals surface area contributed by atoms with E-state index in [-0.39, 0.29) is 23.3 Å². The number of rotatable bonds is 8. The van der Waals surface area contributed by atoms with Crippen molar-refractivity contribution in [3.8, 4) is 5.75 Å². The summed E-state index contributed by atoms with van der Waals surface area (Å²) in [6.45, 7) is -0.225. The fourth-order valence-electron chi connectivity index (χ4n) is 4.65. The highest BCUT2D eigenvalue weighted by molar-refractivity contribution is 7.92. The van der Waals surface area contributed by atoms with Crippen molar-refractivity contribution in [2.75, 3.05) is 4.31 Å². The van der Waals surface area contributed by atoms with E-state index in [1.165, 1.54) is 30.5 Å². The first kappa shape index (κ1) is 26.8. The molecule has 2 aromatic heterocycles. The van der Waals surface area contributed by atoms with Gasteiger partial charge in [-0.25, -0.2) is 19.1 Å². The number of amides is 1. The number of ether oxygens (including phenoxy) is 1. The number of nitrogens with zero attached hydrogens (tertiary/aromatic N) is 3. The number of anilines is 1. The van der Waals surface area contributed by atoms with Crippen LogP contribution in [0.15, 0.2) is 78.1 Å². The number of hydroxylamine groups is 1. The molecule has 1 saturated carbocycles. The van der Waals surface area contributed by atoms with E-state index in [0.717, 1.165) is 45.6 Å². The van der Waals surface area contributed by atoms with Crippen molar-refractivity contribution >= 4 is 32.7 Å². The van der Waals surface area contributed by atoms with Crippen molar-refractivity contribution in [1.29, 1.82) is 0 Å². The summed E-state index contributed by atoms with van der Waals surface area (Å²) in [5, 5.41) is 3.97. The molecular formula is C27H22F3N5O5S. The number of benzene rings is 2. The Labute approximate surface area is 232 Å². The van der Waals surface area contributed by atoms with Gasteiger partial charge in [0, 0.05) is 28.9 Å². The largest absolute Gasteiger partial charge is 0.573 e.